The van der Waals surface area contributed by atoms with Crippen LogP contribution in [0.1, 0.15) is 131 Å². The summed E-state index contributed by atoms with van der Waals surface area (Å²) in [6, 6.07) is 61.6. The molecule has 0 radical (unpaired) electrons. The molecule has 0 N–H and O–H groups in total. The number of rotatable bonds is 8. The van der Waals surface area contributed by atoms with Gasteiger partial charge in [0.15, 0.2) is 42.2 Å². The predicted octanol–water partition coefficient (Wildman–Crippen LogP) is 12.8. The summed E-state index contributed by atoms with van der Waals surface area (Å²) < 4.78 is 19.3. The molecule has 0 atom stereocenters. The number of fused-ring (bicyclic) bond motifs is 6. The van der Waals surface area contributed by atoms with Gasteiger partial charge < -0.3 is 57.4 Å². The van der Waals surface area contributed by atoms with E-state index in [9.17, 15) is 0 Å². The SMILES string of the molecule is C1CCOC1.C1CCOC1.CC(C)(C)c1cc(Sc2ccccc2)n2c[n+]3c(Sc4ccccc4)cc(C(C)(C)C)cc3c2c1.CC(C)(C)c1cc(Sc2ccccc2)n2c[n+]3c(Sc4ccccc4)cc(C(C)(C)C)cc3c2c1.[I-].[I-]. The minimum absolute atomic E-state index is 0. The fourth-order valence-corrected chi connectivity index (χ4v) is 13.2. The van der Waals surface area contributed by atoms with Crippen LogP contribution in [0.2, 0.25) is 0 Å². The summed E-state index contributed by atoms with van der Waals surface area (Å²) in [6.07, 6.45) is 9.64. The van der Waals surface area contributed by atoms with Gasteiger partial charge in [0.25, 0.3) is 12.7 Å². The lowest BCUT2D eigenvalue weighted by molar-refractivity contribution is -0.555. The zero-order chi connectivity index (χ0) is 56.7. The second kappa shape index (κ2) is 28.9. The molecule has 0 unspecified atom stereocenters. The first-order valence-electron chi connectivity index (χ1n) is 28.4. The highest BCUT2D eigenvalue weighted by atomic mass is 127. The molecule has 0 bridgehead atoms. The first kappa shape index (κ1) is 65.5. The number of benzene rings is 4. The molecule has 2 aliphatic rings. The Balaban J connectivity index is 0.000000197. The molecule has 2 aliphatic heterocycles. The van der Waals surface area contributed by atoms with E-state index >= 15 is 0 Å². The highest BCUT2D eigenvalue weighted by Crippen LogP contribution is 2.39. The average molecular weight is 1390 g/mol. The summed E-state index contributed by atoms with van der Waals surface area (Å²) in [6.45, 7) is 31.6. The first-order chi connectivity index (χ1) is 38.2. The summed E-state index contributed by atoms with van der Waals surface area (Å²) >= 11 is 7.30. The molecule has 82 heavy (non-hydrogen) atoms. The second-order valence-corrected chi connectivity index (χ2v) is 29.3. The molecule has 6 nitrogen and oxygen atoms in total. The number of pyridine rings is 4. The zero-order valence-electron chi connectivity index (χ0n) is 50.0. The van der Waals surface area contributed by atoms with E-state index in [-0.39, 0.29) is 69.6 Å². The average Bonchev–Trinajstić information content (AvgIpc) is 4.40. The van der Waals surface area contributed by atoms with Gasteiger partial charge in [0.2, 0.25) is 0 Å². The van der Waals surface area contributed by atoms with E-state index in [1.165, 1.54) is 110 Å². The van der Waals surface area contributed by atoms with E-state index in [0.717, 1.165) is 26.4 Å². The van der Waals surface area contributed by atoms with Gasteiger partial charge in [-0.05, 0) is 214 Å². The van der Waals surface area contributed by atoms with Crippen molar-refractivity contribution in [1.82, 2.24) is 8.80 Å². The maximum Gasteiger partial charge on any atom is 0.256 e. The van der Waals surface area contributed by atoms with Gasteiger partial charge in [-0.15, -0.1) is 0 Å². The van der Waals surface area contributed by atoms with Crippen LogP contribution in [-0.2, 0) is 31.1 Å². The van der Waals surface area contributed by atoms with Crippen LogP contribution in [0.25, 0.3) is 22.1 Å². The molecule has 0 saturated carbocycles. The molecule has 12 rings (SSSR count). The van der Waals surface area contributed by atoms with E-state index in [0.29, 0.717) is 0 Å². The molecule has 0 spiro atoms. The Bertz CT molecular complexity index is 3160. The van der Waals surface area contributed by atoms with E-state index < -0.39 is 0 Å². The summed E-state index contributed by atoms with van der Waals surface area (Å²) in [4.78, 5) is 4.99. The quantitative estimate of drug-likeness (QED) is 0.111. The van der Waals surface area contributed by atoms with Crippen LogP contribution >= 0.6 is 47.0 Å². The van der Waals surface area contributed by atoms with Gasteiger partial charge in [0, 0.05) is 46.0 Å². The second-order valence-electron chi connectivity index (χ2n) is 24.9. The molecular weight excluding hydrogens is 1310 g/mol. The van der Waals surface area contributed by atoms with Gasteiger partial charge in [0.1, 0.15) is 0 Å². The predicted molar refractivity (Wildman–Crippen MR) is 338 cm³/mol. The van der Waals surface area contributed by atoms with Gasteiger partial charge in [-0.2, -0.15) is 17.6 Å². The van der Waals surface area contributed by atoms with Crippen LogP contribution in [-0.4, -0.2) is 35.2 Å². The van der Waals surface area contributed by atoms with E-state index in [4.69, 9.17) is 9.47 Å². The van der Waals surface area contributed by atoms with Gasteiger partial charge in [-0.3, -0.25) is 0 Å². The molecule has 0 amide bonds. The molecule has 432 valence electrons. The van der Waals surface area contributed by atoms with Crippen molar-refractivity contribution in [2.75, 3.05) is 26.4 Å². The fraction of sp³-hybridized carbons (Fsp3) is 0.343. The number of ether oxygens (including phenoxy) is 2. The lowest BCUT2D eigenvalue weighted by Crippen LogP contribution is -3.00. The first-order valence-corrected chi connectivity index (χ1v) is 31.6. The fourth-order valence-electron chi connectivity index (χ4n) is 9.32. The largest absolute Gasteiger partial charge is 1.00 e. The minimum Gasteiger partial charge on any atom is -1.00 e. The maximum absolute atomic E-state index is 4.94. The molecule has 2 saturated heterocycles. The molecule has 12 heteroatoms. The Morgan fingerprint density at radius 3 is 0.866 bits per heavy atom. The molecule has 2 fully saturated rings. The van der Waals surface area contributed by atoms with Gasteiger partial charge in [-0.25, -0.2) is 0 Å². The molecule has 8 heterocycles. The number of aromatic nitrogens is 4. The van der Waals surface area contributed by atoms with E-state index in [1.807, 2.05) is 47.0 Å². The highest BCUT2D eigenvalue weighted by Gasteiger charge is 2.29. The number of hydrogen-bond donors (Lipinski definition) is 0. The third-order valence-corrected chi connectivity index (χ3v) is 18.4. The van der Waals surface area contributed by atoms with Gasteiger partial charge in [-0.1, -0.05) is 156 Å². The van der Waals surface area contributed by atoms with Crippen LogP contribution in [0.4, 0.5) is 0 Å². The third-order valence-electron chi connectivity index (χ3n) is 14.2. The molecular formula is C70H82I2N4O2S4. The lowest BCUT2D eigenvalue weighted by atomic mass is 9.86. The van der Waals surface area contributed by atoms with Crippen molar-refractivity contribution in [2.45, 2.75) is 170 Å². The summed E-state index contributed by atoms with van der Waals surface area (Å²) in [5.41, 5.74) is 10.6. The van der Waals surface area contributed by atoms with Crippen molar-refractivity contribution in [2.24, 2.45) is 0 Å². The van der Waals surface area contributed by atoms with Crippen LogP contribution in [0.3, 0.4) is 0 Å². The van der Waals surface area contributed by atoms with Crippen molar-refractivity contribution in [3.63, 3.8) is 0 Å². The van der Waals surface area contributed by atoms with Crippen LogP contribution < -0.4 is 56.8 Å². The third kappa shape index (κ3) is 17.1. The summed E-state index contributed by atoms with van der Waals surface area (Å²) in [5, 5.41) is 4.93. The number of imidazole rings is 2. The van der Waals surface area contributed by atoms with E-state index in [2.05, 4.69) is 283 Å². The van der Waals surface area contributed by atoms with Crippen molar-refractivity contribution >= 4 is 69.1 Å². The molecule has 6 aromatic heterocycles. The smallest absolute Gasteiger partial charge is 0.256 e. The number of hydrogen-bond acceptors (Lipinski definition) is 6. The number of nitrogens with zero attached hydrogens (tertiary/aromatic N) is 4. The summed E-state index contributed by atoms with van der Waals surface area (Å²) in [7, 11) is 0. The van der Waals surface area contributed by atoms with Crippen LogP contribution in [0.5, 0.6) is 0 Å². The van der Waals surface area contributed by atoms with Crippen LogP contribution in [0.15, 0.2) is 222 Å². The normalized spacial score (nSPS) is 13.6. The Morgan fingerprint density at radius 1 is 0.341 bits per heavy atom. The Labute approximate surface area is 540 Å². The van der Waals surface area contributed by atoms with Crippen molar-refractivity contribution in [3.05, 3.63) is 205 Å². The minimum atomic E-state index is 0. The summed E-state index contributed by atoms with van der Waals surface area (Å²) in [5.74, 6) is 0. The maximum atomic E-state index is 4.94. The number of halogens is 2. The van der Waals surface area contributed by atoms with Crippen LogP contribution in [0, 0.1) is 0 Å². The topological polar surface area (TPSA) is 35.5 Å². The van der Waals surface area contributed by atoms with Gasteiger partial charge in [0.05, 0.1) is 0 Å². The Kier molecular flexibility index (Phi) is 23.1. The standard InChI is InChI=1S/2C31H33N2S2.2C4H8O.2HI/c2*1-30(2,3)22-17-26-27-18-23(31(4,5)6)20-29(35-25-15-11-8-12-16-25)33(27)21-32(26)28(19-22)34-24-13-9-7-10-14-24;2*1-2-4-5-3-1;;/h2*7-21H,1-6H3;2*1-4H2;2*1H/q2*+1;;;;/p-2. The monoisotopic (exact) mass is 1390 g/mol. The van der Waals surface area contributed by atoms with Crippen molar-refractivity contribution in [1.29, 1.82) is 0 Å². The Hall–Kier alpha value is -4.00. The molecule has 4 aromatic carbocycles. The van der Waals surface area contributed by atoms with Crippen molar-refractivity contribution in [3.8, 4) is 0 Å². The van der Waals surface area contributed by atoms with Crippen molar-refractivity contribution < 1.29 is 66.2 Å². The Morgan fingerprint density at radius 2 is 0.610 bits per heavy atom. The lowest BCUT2D eigenvalue weighted by Gasteiger charge is -2.20. The highest BCUT2D eigenvalue weighted by molar-refractivity contribution is 8.00. The molecule has 0 aliphatic carbocycles. The zero-order valence-corrected chi connectivity index (χ0v) is 57.6. The van der Waals surface area contributed by atoms with E-state index in [1.54, 1.807) is 0 Å². The molecule has 10 aromatic rings. The van der Waals surface area contributed by atoms with Gasteiger partial charge >= 0.3 is 0 Å².